The SMILES string of the molecule is NC(=O)c1cnc(NC(=O)/C=C/c2ccc(-c3ccccc3F)s2)s1. The van der Waals surface area contributed by atoms with Gasteiger partial charge in [-0.3, -0.25) is 14.9 Å². The highest BCUT2D eigenvalue weighted by molar-refractivity contribution is 7.17. The molecule has 0 atom stereocenters. The van der Waals surface area contributed by atoms with Gasteiger partial charge in [0.25, 0.3) is 5.91 Å². The van der Waals surface area contributed by atoms with Crippen molar-refractivity contribution in [2.75, 3.05) is 5.32 Å². The van der Waals surface area contributed by atoms with E-state index in [0.29, 0.717) is 10.7 Å². The third-order valence-corrected chi connectivity index (χ3v) is 5.15. The molecule has 0 fully saturated rings. The molecular weight excluding hydrogens is 361 g/mol. The number of thiophene rings is 1. The second kappa shape index (κ2) is 7.37. The van der Waals surface area contributed by atoms with Crippen LogP contribution in [0.4, 0.5) is 9.52 Å². The average Bonchev–Trinajstić information content (AvgIpc) is 3.23. The molecule has 25 heavy (non-hydrogen) atoms. The van der Waals surface area contributed by atoms with E-state index in [2.05, 4.69) is 10.3 Å². The van der Waals surface area contributed by atoms with Gasteiger partial charge >= 0.3 is 0 Å². The number of benzene rings is 1. The van der Waals surface area contributed by atoms with Gasteiger partial charge in [0.1, 0.15) is 10.7 Å². The van der Waals surface area contributed by atoms with Crippen molar-refractivity contribution < 1.29 is 14.0 Å². The molecule has 3 N–H and O–H groups in total. The monoisotopic (exact) mass is 373 g/mol. The van der Waals surface area contributed by atoms with Crippen LogP contribution in [-0.4, -0.2) is 16.8 Å². The molecule has 0 radical (unpaired) electrons. The lowest BCUT2D eigenvalue weighted by Crippen LogP contribution is -2.08. The van der Waals surface area contributed by atoms with Crippen LogP contribution in [0.15, 0.2) is 48.7 Å². The summed E-state index contributed by atoms with van der Waals surface area (Å²) < 4.78 is 13.8. The van der Waals surface area contributed by atoms with E-state index in [-0.39, 0.29) is 16.6 Å². The number of hydrogen-bond donors (Lipinski definition) is 2. The second-order valence-corrected chi connectivity index (χ2v) is 7.04. The lowest BCUT2D eigenvalue weighted by Gasteiger charge is -1.98. The van der Waals surface area contributed by atoms with Crippen molar-refractivity contribution in [1.29, 1.82) is 0 Å². The Hall–Kier alpha value is -2.84. The molecule has 2 amide bonds. The number of anilines is 1. The van der Waals surface area contributed by atoms with Gasteiger partial charge in [-0.25, -0.2) is 9.37 Å². The van der Waals surface area contributed by atoms with Gasteiger partial charge in [-0.05, 0) is 24.3 Å². The minimum atomic E-state index is -0.590. The summed E-state index contributed by atoms with van der Waals surface area (Å²) >= 11 is 2.38. The third-order valence-electron chi connectivity index (χ3n) is 3.14. The van der Waals surface area contributed by atoms with Gasteiger partial charge in [-0.1, -0.05) is 29.5 Å². The number of primary amides is 1. The molecule has 126 valence electrons. The molecule has 2 heterocycles. The van der Waals surface area contributed by atoms with E-state index in [1.165, 1.54) is 29.7 Å². The van der Waals surface area contributed by atoms with Crippen molar-refractivity contribution in [3.8, 4) is 10.4 Å². The van der Waals surface area contributed by atoms with Gasteiger partial charge in [-0.15, -0.1) is 11.3 Å². The fraction of sp³-hybridized carbons (Fsp3) is 0. The smallest absolute Gasteiger partial charge is 0.260 e. The Morgan fingerprint density at radius 2 is 1.96 bits per heavy atom. The van der Waals surface area contributed by atoms with Crippen molar-refractivity contribution in [1.82, 2.24) is 4.98 Å². The molecule has 1 aromatic carbocycles. The van der Waals surface area contributed by atoms with Crippen LogP contribution in [0.2, 0.25) is 0 Å². The van der Waals surface area contributed by atoms with Crippen molar-refractivity contribution >= 4 is 45.7 Å². The molecule has 0 unspecified atom stereocenters. The van der Waals surface area contributed by atoms with E-state index < -0.39 is 5.91 Å². The van der Waals surface area contributed by atoms with Gasteiger partial charge in [0, 0.05) is 21.4 Å². The van der Waals surface area contributed by atoms with Crippen molar-refractivity contribution in [2.24, 2.45) is 5.73 Å². The fourth-order valence-corrected chi connectivity index (χ4v) is 3.61. The van der Waals surface area contributed by atoms with Crippen LogP contribution in [0.25, 0.3) is 16.5 Å². The van der Waals surface area contributed by atoms with E-state index >= 15 is 0 Å². The number of carbonyl (C=O) groups excluding carboxylic acids is 2. The molecule has 5 nitrogen and oxygen atoms in total. The zero-order valence-corrected chi connectivity index (χ0v) is 14.4. The van der Waals surface area contributed by atoms with Crippen LogP contribution in [0, 0.1) is 5.82 Å². The second-order valence-electron chi connectivity index (χ2n) is 4.90. The van der Waals surface area contributed by atoms with E-state index in [4.69, 9.17) is 5.73 Å². The van der Waals surface area contributed by atoms with Crippen LogP contribution in [0.1, 0.15) is 14.5 Å². The molecule has 3 aromatic rings. The zero-order valence-electron chi connectivity index (χ0n) is 12.7. The Bertz CT molecular complexity index is 962. The summed E-state index contributed by atoms with van der Waals surface area (Å²) in [5, 5.41) is 2.85. The first-order chi connectivity index (χ1) is 12.0. The normalized spacial score (nSPS) is 10.9. The van der Waals surface area contributed by atoms with E-state index in [0.717, 1.165) is 21.1 Å². The van der Waals surface area contributed by atoms with Crippen molar-refractivity contribution in [3.05, 3.63) is 64.2 Å². The number of rotatable bonds is 5. The fourth-order valence-electron chi connectivity index (χ4n) is 2.00. The van der Waals surface area contributed by atoms with Crippen LogP contribution < -0.4 is 11.1 Å². The number of nitrogens with one attached hydrogen (secondary N) is 1. The van der Waals surface area contributed by atoms with Crippen LogP contribution in [-0.2, 0) is 4.79 Å². The number of aromatic nitrogens is 1. The molecule has 0 aliphatic carbocycles. The maximum atomic E-state index is 13.8. The summed E-state index contributed by atoms with van der Waals surface area (Å²) in [7, 11) is 0. The average molecular weight is 373 g/mol. The summed E-state index contributed by atoms with van der Waals surface area (Å²) in [4.78, 5) is 28.6. The number of nitrogens with zero attached hydrogens (tertiary/aromatic N) is 1. The largest absolute Gasteiger partial charge is 0.365 e. The Morgan fingerprint density at radius 1 is 1.16 bits per heavy atom. The third kappa shape index (κ3) is 4.17. The predicted octanol–water partition coefficient (Wildman–Crippen LogP) is 3.76. The number of hydrogen-bond acceptors (Lipinski definition) is 5. The quantitative estimate of drug-likeness (QED) is 0.668. The summed E-state index contributed by atoms with van der Waals surface area (Å²) in [5.74, 6) is -1.26. The summed E-state index contributed by atoms with van der Waals surface area (Å²) in [6.45, 7) is 0. The molecule has 0 aliphatic heterocycles. The van der Waals surface area contributed by atoms with Crippen molar-refractivity contribution in [3.63, 3.8) is 0 Å². The summed E-state index contributed by atoms with van der Waals surface area (Å²) in [6.07, 6.45) is 4.29. The van der Waals surface area contributed by atoms with Crippen LogP contribution in [0.5, 0.6) is 0 Å². The van der Waals surface area contributed by atoms with Gasteiger partial charge in [0.2, 0.25) is 5.91 Å². The van der Waals surface area contributed by atoms with Gasteiger partial charge in [0.05, 0.1) is 6.20 Å². The lowest BCUT2D eigenvalue weighted by atomic mass is 10.2. The van der Waals surface area contributed by atoms with Crippen LogP contribution in [0.3, 0.4) is 0 Å². The molecule has 0 spiro atoms. The Morgan fingerprint density at radius 3 is 2.68 bits per heavy atom. The highest BCUT2D eigenvalue weighted by atomic mass is 32.1. The zero-order chi connectivity index (χ0) is 17.8. The predicted molar refractivity (Wildman–Crippen MR) is 98.0 cm³/mol. The standard InChI is InChI=1S/C17H12FN3O2S2/c18-12-4-2-1-3-11(12)13-7-5-10(24-13)6-8-15(22)21-17-20-9-14(25-17)16(19)23/h1-9H,(H2,19,23)(H,20,21,22)/b8-6+. The molecule has 0 aliphatic rings. The number of halogens is 1. The first-order valence-electron chi connectivity index (χ1n) is 7.12. The minimum absolute atomic E-state index is 0.270. The van der Waals surface area contributed by atoms with Gasteiger partial charge in [-0.2, -0.15) is 0 Å². The van der Waals surface area contributed by atoms with Crippen LogP contribution >= 0.6 is 22.7 Å². The van der Waals surface area contributed by atoms with Gasteiger partial charge in [0.15, 0.2) is 5.13 Å². The molecule has 0 bridgehead atoms. The number of nitrogens with two attached hydrogens (primary N) is 1. The molecular formula is C17H12FN3O2S2. The van der Waals surface area contributed by atoms with Gasteiger partial charge < -0.3 is 5.73 Å². The minimum Gasteiger partial charge on any atom is -0.365 e. The summed E-state index contributed by atoms with van der Waals surface area (Å²) in [5.41, 5.74) is 5.66. The summed E-state index contributed by atoms with van der Waals surface area (Å²) in [6, 6.07) is 10.1. The Kier molecular flexibility index (Phi) is 5.01. The molecule has 0 saturated heterocycles. The highest BCUT2D eigenvalue weighted by Crippen LogP contribution is 2.30. The Balaban J connectivity index is 1.66. The number of amides is 2. The maximum Gasteiger partial charge on any atom is 0.260 e. The highest BCUT2D eigenvalue weighted by Gasteiger charge is 2.09. The lowest BCUT2D eigenvalue weighted by molar-refractivity contribution is -0.111. The Labute approximate surface area is 150 Å². The first kappa shape index (κ1) is 17.0. The van der Waals surface area contributed by atoms with Crippen molar-refractivity contribution in [2.45, 2.75) is 0 Å². The molecule has 8 heteroatoms. The van der Waals surface area contributed by atoms with E-state index in [1.54, 1.807) is 30.3 Å². The number of carbonyl (C=O) groups is 2. The number of thiazole rings is 1. The van der Waals surface area contributed by atoms with E-state index in [9.17, 15) is 14.0 Å². The molecule has 2 aromatic heterocycles. The topological polar surface area (TPSA) is 85.1 Å². The van der Waals surface area contributed by atoms with E-state index in [1.807, 2.05) is 6.07 Å². The maximum absolute atomic E-state index is 13.8. The first-order valence-corrected chi connectivity index (χ1v) is 8.75. The molecule has 3 rings (SSSR count). The molecule has 0 saturated carbocycles.